The van der Waals surface area contributed by atoms with Gasteiger partial charge in [0.1, 0.15) is 6.54 Å². The van der Waals surface area contributed by atoms with Crippen molar-refractivity contribution in [2.45, 2.75) is 26.4 Å². The number of nitrogens with one attached hydrogen (secondary N) is 1. The Kier molecular flexibility index (Phi) is 5.71. The standard InChI is InChI=1S/C14H19N3O4/c1-9(2)17(8-12(15)18)14(21)16-7-10-3-5-11(6-4-10)13(19)20/h3-6,9H,7-8H2,1-2H3,(H2,15,18)(H,16,21)(H,19,20). The summed E-state index contributed by atoms with van der Waals surface area (Å²) in [6.45, 7) is 3.65. The number of hydrogen-bond acceptors (Lipinski definition) is 3. The van der Waals surface area contributed by atoms with Crippen molar-refractivity contribution >= 4 is 17.9 Å². The lowest BCUT2D eigenvalue weighted by Gasteiger charge is -2.25. The monoisotopic (exact) mass is 293 g/mol. The van der Waals surface area contributed by atoms with Crippen LogP contribution in [0.25, 0.3) is 0 Å². The van der Waals surface area contributed by atoms with Gasteiger partial charge in [-0.15, -0.1) is 0 Å². The summed E-state index contributed by atoms with van der Waals surface area (Å²) >= 11 is 0. The number of urea groups is 1. The Morgan fingerprint density at radius 1 is 1.24 bits per heavy atom. The fraction of sp³-hybridized carbons (Fsp3) is 0.357. The van der Waals surface area contributed by atoms with E-state index in [1.807, 2.05) is 0 Å². The van der Waals surface area contributed by atoms with Crippen LogP contribution in [0.4, 0.5) is 4.79 Å². The van der Waals surface area contributed by atoms with Crippen molar-refractivity contribution in [2.24, 2.45) is 5.73 Å². The van der Waals surface area contributed by atoms with Gasteiger partial charge in [0.15, 0.2) is 0 Å². The molecule has 1 aromatic carbocycles. The predicted molar refractivity (Wildman–Crippen MR) is 76.7 cm³/mol. The number of amides is 3. The second-order valence-corrected chi connectivity index (χ2v) is 4.85. The summed E-state index contributed by atoms with van der Waals surface area (Å²) in [6.07, 6.45) is 0. The van der Waals surface area contributed by atoms with Gasteiger partial charge in [0, 0.05) is 12.6 Å². The summed E-state index contributed by atoms with van der Waals surface area (Å²) in [6, 6.07) is 5.62. The molecule has 0 unspecified atom stereocenters. The van der Waals surface area contributed by atoms with Crippen molar-refractivity contribution in [2.75, 3.05) is 6.54 Å². The second kappa shape index (κ2) is 7.28. The molecule has 0 fully saturated rings. The normalized spacial score (nSPS) is 10.2. The Bertz CT molecular complexity index is 526. The van der Waals surface area contributed by atoms with Gasteiger partial charge in [-0.2, -0.15) is 0 Å². The van der Waals surface area contributed by atoms with Crippen molar-refractivity contribution in [3.8, 4) is 0 Å². The van der Waals surface area contributed by atoms with Crippen molar-refractivity contribution in [1.29, 1.82) is 0 Å². The molecule has 0 heterocycles. The number of carbonyl (C=O) groups is 3. The Morgan fingerprint density at radius 3 is 2.24 bits per heavy atom. The van der Waals surface area contributed by atoms with Crippen LogP contribution < -0.4 is 11.1 Å². The molecule has 0 radical (unpaired) electrons. The van der Waals surface area contributed by atoms with Gasteiger partial charge in [-0.3, -0.25) is 4.79 Å². The number of nitrogens with zero attached hydrogens (tertiary/aromatic N) is 1. The summed E-state index contributed by atoms with van der Waals surface area (Å²) < 4.78 is 0. The lowest BCUT2D eigenvalue weighted by molar-refractivity contribution is -0.118. The summed E-state index contributed by atoms with van der Waals surface area (Å²) in [5, 5.41) is 11.5. The maximum atomic E-state index is 12.0. The number of carboxylic acid groups (broad SMARTS) is 1. The number of aromatic carboxylic acids is 1. The minimum absolute atomic E-state index is 0.151. The Labute approximate surface area is 122 Å². The number of nitrogens with two attached hydrogens (primary N) is 1. The molecule has 0 saturated heterocycles. The molecule has 3 amide bonds. The highest BCUT2D eigenvalue weighted by molar-refractivity contribution is 5.87. The van der Waals surface area contributed by atoms with Crippen LogP contribution in [0.3, 0.4) is 0 Å². The number of benzene rings is 1. The van der Waals surface area contributed by atoms with E-state index in [9.17, 15) is 14.4 Å². The molecule has 0 aromatic heterocycles. The molecule has 0 aliphatic rings. The molecule has 0 aliphatic carbocycles. The Hall–Kier alpha value is -2.57. The molecular formula is C14H19N3O4. The van der Waals surface area contributed by atoms with E-state index in [1.165, 1.54) is 17.0 Å². The molecule has 7 nitrogen and oxygen atoms in total. The van der Waals surface area contributed by atoms with Crippen molar-refractivity contribution in [1.82, 2.24) is 10.2 Å². The van der Waals surface area contributed by atoms with Gasteiger partial charge in [0.2, 0.25) is 5.91 Å². The van der Waals surface area contributed by atoms with Crippen LogP contribution in [0.1, 0.15) is 29.8 Å². The third-order valence-corrected chi connectivity index (χ3v) is 2.86. The summed E-state index contributed by atoms with van der Waals surface area (Å²) in [5.74, 6) is -1.58. The van der Waals surface area contributed by atoms with Crippen LogP contribution in [0.5, 0.6) is 0 Å². The first kappa shape index (κ1) is 16.5. The zero-order chi connectivity index (χ0) is 16.0. The molecule has 0 bridgehead atoms. The fourth-order valence-corrected chi connectivity index (χ4v) is 1.70. The lowest BCUT2D eigenvalue weighted by Crippen LogP contribution is -2.47. The SMILES string of the molecule is CC(C)N(CC(N)=O)C(=O)NCc1ccc(C(=O)O)cc1. The molecule has 21 heavy (non-hydrogen) atoms. The van der Waals surface area contributed by atoms with Gasteiger partial charge in [-0.1, -0.05) is 12.1 Å². The van der Waals surface area contributed by atoms with E-state index in [1.54, 1.807) is 26.0 Å². The topological polar surface area (TPSA) is 113 Å². The third-order valence-electron chi connectivity index (χ3n) is 2.86. The van der Waals surface area contributed by atoms with E-state index < -0.39 is 17.9 Å². The largest absolute Gasteiger partial charge is 0.478 e. The highest BCUT2D eigenvalue weighted by atomic mass is 16.4. The van der Waals surface area contributed by atoms with E-state index in [0.717, 1.165) is 5.56 Å². The highest BCUT2D eigenvalue weighted by Gasteiger charge is 2.18. The maximum absolute atomic E-state index is 12.0. The van der Waals surface area contributed by atoms with Crippen LogP contribution in [0.15, 0.2) is 24.3 Å². The van der Waals surface area contributed by atoms with E-state index in [2.05, 4.69) is 5.32 Å². The van der Waals surface area contributed by atoms with Gasteiger partial charge < -0.3 is 21.1 Å². The number of primary amides is 1. The first-order valence-electron chi connectivity index (χ1n) is 6.46. The van der Waals surface area contributed by atoms with E-state index >= 15 is 0 Å². The Balaban J connectivity index is 2.62. The molecule has 0 spiro atoms. The average molecular weight is 293 g/mol. The number of hydrogen-bond donors (Lipinski definition) is 3. The number of rotatable bonds is 6. The fourth-order valence-electron chi connectivity index (χ4n) is 1.70. The van der Waals surface area contributed by atoms with E-state index in [0.29, 0.717) is 0 Å². The van der Waals surface area contributed by atoms with Crippen LogP contribution in [-0.4, -0.2) is 40.5 Å². The van der Waals surface area contributed by atoms with Crippen molar-refractivity contribution < 1.29 is 19.5 Å². The second-order valence-electron chi connectivity index (χ2n) is 4.85. The third kappa shape index (κ3) is 5.13. The molecular weight excluding hydrogens is 274 g/mol. The first-order valence-corrected chi connectivity index (χ1v) is 6.46. The minimum Gasteiger partial charge on any atom is -0.478 e. The zero-order valence-electron chi connectivity index (χ0n) is 12.0. The molecule has 7 heteroatoms. The summed E-state index contributed by atoms with van der Waals surface area (Å²) in [4.78, 5) is 35.0. The van der Waals surface area contributed by atoms with Gasteiger partial charge in [0.05, 0.1) is 5.56 Å². The van der Waals surface area contributed by atoms with E-state index in [4.69, 9.17) is 10.8 Å². The molecule has 1 aromatic rings. The van der Waals surface area contributed by atoms with Gasteiger partial charge in [-0.25, -0.2) is 9.59 Å². The maximum Gasteiger partial charge on any atom is 0.335 e. The van der Waals surface area contributed by atoms with Crippen molar-refractivity contribution in [3.63, 3.8) is 0 Å². The van der Waals surface area contributed by atoms with Gasteiger partial charge >= 0.3 is 12.0 Å². The van der Waals surface area contributed by atoms with Crippen LogP contribution in [0.2, 0.25) is 0 Å². The molecule has 0 aliphatic heterocycles. The smallest absolute Gasteiger partial charge is 0.335 e. The highest BCUT2D eigenvalue weighted by Crippen LogP contribution is 2.05. The van der Waals surface area contributed by atoms with E-state index in [-0.39, 0.29) is 24.7 Å². The van der Waals surface area contributed by atoms with Crippen LogP contribution in [-0.2, 0) is 11.3 Å². The lowest BCUT2D eigenvalue weighted by atomic mass is 10.1. The van der Waals surface area contributed by atoms with Crippen LogP contribution >= 0.6 is 0 Å². The Morgan fingerprint density at radius 2 is 1.81 bits per heavy atom. The van der Waals surface area contributed by atoms with Crippen molar-refractivity contribution in [3.05, 3.63) is 35.4 Å². The molecule has 0 saturated carbocycles. The molecule has 114 valence electrons. The van der Waals surface area contributed by atoms with Crippen LogP contribution in [0, 0.1) is 0 Å². The first-order chi connectivity index (χ1) is 9.81. The molecule has 1 rings (SSSR count). The average Bonchev–Trinajstić information content (AvgIpc) is 2.42. The summed E-state index contributed by atoms with van der Waals surface area (Å²) in [7, 11) is 0. The number of carboxylic acids is 1. The summed E-state index contributed by atoms with van der Waals surface area (Å²) in [5.41, 5.74) is 6.05. The quantitative estimate of drug-likeness (QED) is 0.719. The predicted octanol–water partition coefficient (Wildman–Crippen LogP) is 0.790. The zero-order valence-corrected chi connectivity index (χ0v) is 12.0. The molecule has 4 N–H and O–H groups in total. The molecule has 0 atom stereocenters. The van der Waals surface area contributed by atoms with Gasteiger partial charge in [0.25, 0.3) is 0 Å². The minimum atomic E-state index is -1.00. The van der Waals surface area contributed by atoms with Gasteiger partial charge in [-0.05, 0) is 31.5 Å². The number of carbonyl (C=O) groups excluding carboxylic acids is 2.